The summed E-state index contributed by atoms with van der Waals surface area (Å²) in [5, 5.41) is 10.5. The van der Waals surface area contributed by atoms with E-state index >= 15 is 0 Å². The Labute approximate surface area is 94.7 Å². The molecule has 0 fully saturated rings. The molecule has 0 bridgehead atoms. The molecule has 16 heavy (non-hydrogen) atoms. The van der Waals surface area contributed by atoms with Gasteiger partial charge in [-0.25, -0.2) is 4.98 Å². The lowest BCUT2D eigenvalue weighted by Crippen LogP contribution is -2.24. The molecule has 0 amide bonds. The third-order valence-electron chi connectivity index (χ3n) is 2.49. The van der Waals surface area contributed by atoms with Gasteiger partial charge in [0.05, 0.1) is 11.7 Å². The van der Waals surface area contributed by atoms with Crippen molar-refractivity contribution in [3.05, 3.63) is 36.2 Å². The SMILES string of the molecule is CCCNC(Cc1ncc[nH]1)c1ccn[nH]1. The van der Waals surface area contributed by atoms with E-state index in [1.165, 1.54) is 0 Å². The summed E-state index contributed by atoms with van der Waals surface area (Å²) in [5.74, 6) is 0.989. The van der Waals surface area contributed by atoms with Crippen molar-refractivity contribution in [3.63, 3.8) is 0 Å². The maximum Gasteiger partial charge on any atom is 0.107 e. The fourth-order valence-corrected chi connectivity index (χ4v) is 1.67. The second-order valence-electron chi connectivity index (χ2n) is 3.76. The monoisotopic (exact) mass is 219 g/mol. The van der Waals surface area contributed by atoms with E-state index in [0.717, 1.165) is 30.9 Å². The normalized spacial score (nSPS) is 12.8. The van der Waals surface area contributed by atoms with Crippen molar-refractivity contribution in [1.29, 1.82) is 0 Å². The van der Waals surface area contributed by atoms with Crippen LogP contribution in [-0.2, 0) is 6.42 Å². The summed E-state index contributed by atoms with van der Waals surface area (Å²) in [6.07, 6.45) is 7.36. The lowest BCUT2D eigenvalue weighted by atomic mass is 10.1. The molecule has 0 spiro atoms. The summed E-state index contributed by atoms with van der Waals surface area (Å²) in [7, 11) is 0. The molecule has 5 nitrogen and oxygen atoms in total. The molecule has 5 heteroatoms. The van der Waals surface area contributed by atoms with Gasteiger partial charge in [-0.3, -0.25) is 5.10 Å². The summed E-state index contributed by atoms with van der Waals surface area (Å²) in [5.41, 5.74) is 1.10. The van der Waals surface area contributed by atoms with Crippen molar-refractivity contribution in [2.45, 2.75) is 25.8 Å². The van der Waals surface area contributed by atoms with E-state index in [1.807, 2.05) is 12.3 Å². The smallest absolute Gasteiger partial charge is 0.107 e. The van der Waals surface area contributed by atoms with Gasteiger partial charge in [0.15, 0.2) is 0 Å². The Hall–Kier alpha value is -1.62. The standard InChI is InChI=1S/C11H17N5/c1-2-4-12-10(9-3-5-15-16-9)8-11-13-6-7-14-11/h3,5-7,10,12H,2,4,8H2,1H3,(H,13,14)(H,15,16). The molecule has 0 saturated heterocycles. The molecule has 2 aromatic heterocycles. The van der Waals surface area contributed by atoms with Gasteiger partial charge in [-0.1, -0.05) is 6.92 Å². The Kier molecular flexibility index (Phi) is 3.71. The zero-order valence-electron chi connectivity index (χ0n) is 9.40. The maximum atomic E-state index is 4.24. The lowest BCUT2D eigenvalue weighted by Gasteiger charge is -2.15. The van der Waals surface area contributed by atoms with Crippen molar-refractivity contribution in [1.82, 2.24) is 25.5 Å². The van der Waals surface area contributed by atoms with Gasteiger partial charge in [-0.15, -0.1) is 0 Å². The van der Waals surface area contributed by atoms with E-state index in [9.17, 15) is 0 Å². The number of aromatic amines is 2. The molecule has 86 valence electrons. The number of rotatable bonds is 6. The summed E-state index contributed by atoms with van der Waals surface area (Å²) < 4.78 is 0. The zero-order chi connectivity index (χ0) is 11.2. The molecule has 0 aliphatic carbocycles. The Morgan fingerprint density at radius 1 is 1.44 bits per heavy atom. The fourth-order valence-electron chi connectivity index (χ4n) is 1.67. The van der Waals surface area contributed by atoms with Crippen LogP contribution in [0.5, 0.6) is 0 Å². The largest absolute Gasteiger partial charge is 0.349 e. The van der Waals surface area contributed by atoms with Crippen molar-refractivity contribution < 1.29 is 0 Å². The minimum absolute atomic E-state index is 0.244. The van der Waals surface area contributed by atoms with E-state index in [0.29, 0.717) is 0 Å². The average Bonchev–Trinajstić information content (AvgIpc) is 2.96. The zero-order valence-corrected chi connectivity index (χ0v) is 9.40. The predicted molar refractivity (Wildman–Crippen MR) is 61.9 cm³/mol. The first-order valence-electron chi connectivity index (χ1n) is 5.61. The van der Waals surface area contributed by atoms with Gasteiger partial charge in [0.1, 0.15) is 5.82 Å². The minimum Gasteiger partial charge on any atom is -0.349 e. The molecule has 0 aromatic carbocycles. The third kappa shape index (κ3) is 2.70. The quantitative estimate of drug-likeness (QED) is 0.688. The van der Waals surface area contributed by atoms with E-state index < -0.39 is 0 Å². The van der Waals surface area contributed by atoms with Crippen LogP contribution in [0.1, 0.15) is 30.9 Å². The highest BCUT2D eigenvalue weighted by molar-refractivity contribution is 5.07. The second-order valence-corrected chi connectivity index (χ2v) is 3.76. The fraction of sp³-hybridized carbons (Fsp3) is 0.455. The van der Waals surface area contributed by atoms with Crippen molar-refractivity contribution in [2.75, 3.05) is 6.54 Å². The van der Waals surface area contributed by atoms with Gasteiger partial charge in [0, 0.05) is 25.0 Å². The van der Waals surface area contributed by atoms with Crippen LogP contribution in [0.2, 0.25) is 0 Å². The summed E-state index contributed by atoms with van der Waals surface area (Å²) in [4.78, 5) is 7.36. The Balaban J connectivity index is 2.03. The van der Waals surface area contributed by atoms with Gasteiger partial charge < -0.3 is 10.3 Å². The van der Waals surface area contributed by atoms with Crippen LogP contribution in [0, 0.1) is 0 Å². The van der Waals surface area contributed by atoms with Gasteiger partial charge >= 0.3 is 0 Å². The molecule has 0 aliphatic heterocycles. The number of hydrogen-bond acceptors (Lipinski definition) is 3. The highest BCUT2D eigenvalue weighted by Gasteiger charge is 2.13. The van der Waals surface area contributed by atoms with E-state index in [4.69, 9.17) is 0 Å². The molecule has 1 unspecified atom stereocenters. The highest BCUT2D eigenvalue weighted by atomic mass is 15.1. The van der Waals surface area contributed by atoms with Gasteiger partial charge in [0.2, 0.25) is 0 Å². The molecular weight excluding hydrogens is 202 g/mol. The van der Waals surface area contributed by atoms with Crippen LogP contribution in [-0.4, -0.2) is 26.7 Å². The predicted octanol–water partition coefficient (Wildman–Crippen LogP) is 1.42. The topological polar surface area (TPSA) is 69.4 Å². The molecule has 0 aliphatic rings. The van der Waals surface area contributed by atoms with Crippen LogP contribution < -0.4 is 5.32 Å². The molecule has 2 rings (SSSR count). The molecule has 0 radical (unpaired) electrons. The Morgan fingerprint density at radius 2 is 2.38 bits per heavy atom. The molecule has 0 saturated carbocycles. The maximum absolute atomic E-state index is 4.24. The lowest BCUT2D eigenvalue weighted by molar-refractivity contribution is 0.508. The highest BCUT2D eigenvalue weighted by Crippen LogP contribution is 2.13. The summed E-state index contributed by atoms with van der Waals surface area (Å²) in [6, 6.07) is 2.24. The average molecular weight is 219 g/mol. The molecule has 3 N–H and O–H groups in total. The van der Waals surface area contributed by atoms with Crippen LogP contribution in [0.4, 0.5) is 0 Å². The second kappa shape index (κ2) is 5.46. The first kappa shape index (κ1) is 10.9. The molecule has 2 aromatic rings. The molecule has 2 heterocycles. The molecular formula is C11H17N5. The molecule has 1 atom stereocenters. The summed E-state index contributed by atoms with van der Waals surface area (Å²) >= 11 is 0. The number of nitrogens with zero attached hydrogens (tertiary/aromatic N) is 2. The first-order valence-corrected chi connectivity index (χ1v) is 5.61. The number of imidazole rings is 1. The van der Waals surface area contributed by atoms with E-state index in [-0.39, 0.29) is 6.04 Å². The Morgan fingerprint density at radius 3 is 3.00 bits per heavy atom. The number of aromatic nitrogens is 4. The van der Waals surface area contributed by atoms with Gasteiger partial charge in [0.25, 0.3) is 0 Å². The van der Waals surface area contributed by atoms with Gasteiger partial charge in [-0.05, 0) is 19.0 Å². The number of nitrogens with one attached hydrogen (secondary N) is 3. The van der Waals surface area contributed by atoms with Crippen molar-refractivity contribution in [3.8, 4) is 0 Å². The van der Waals surface area contributed by atoms with Crippen LogP contribution in [0.3, 0.4) is 0 Å². The van der Waals surface area contributed by atoms with Gasteiger partial charge in [-0.2, -0.15) is 5.10 Å². The van der Waals surface area contributed by atoms with E-state index in [1.54, 1.807) is 12.4 Å². The van der Waals surface area contributed by atoms with Crippen molar-refractivity contribution in [2.24, 2.45) is 0 Å². The third-order valence-corrected chi connectivity index (χ3v) is 2.49. The van der Waals surface area contributed by atoms with Crippen molar-refractivity contribution >= 4 is 0 Å². The van der Waals surface area contributed by atoms with Crippen LogP contribution >= 0.6 is 0 Å². The van der Waals surface area contributed by atoms with E-state index in [2.05, 4.69) is 32.4 Å². The number of hydrogen-bond donors (Lipinski definition) is 3. The number of H-pyrrole nitrogens is 2. The first-order chi connectivity index (χ1) is 7.90. The summed E-state index contributed by atoms with van der Waals surface area (Å²) in [6.45, 7) is 3.15. The van der Waals surface area contributed by atoms with Crippen LogP contribution in [0.15, 0.2) is 24.7 Å². The Bertz CT molecular complexity index is 378. The minimum atomic E-state index is 0.244. The van der Waals surface area contributed by atoms with Crippen LogP contribution in [0.25, 0.3) is 0 Å².